The first kappa shape index (κ1) is 27.4. The average Bonchev–Trinajstić information content (AvgIpc) is 3.40. The summed E-state index contributed by atoms with van der Waals surface area (Å²) in [4.78, 5) is 18.5. The monoisotopic (exact) mass is 557 g/mol. The predicted molar refractivity (Wildman–Crippen MR) is 150 cm³/mol. The van der Waals surface area contributed by atoms with Crippen molar-refractivity contribution in [1.82, 2.24) is 14.7 Å². The predicted octanol–water partition coefficient (Wildman–Crippen LogP) is 6.21. The van der Waals surface area contributed by atoms with Crippen LogP contribution in [0, 0.1) is 0 Å². The number of hydrogen-bond donors (Lipinski definition) is 1. The van der Waals surface area contributed by atoms with Crippen LogP contribution >= 0.6 is 11.6 Å². The summed E-state index contributed by atoms with van der Waals surface area (Å²) >= 11 is 6.42. The first-order valence-electron chi connectivity index (χ1n) is 13.5. The van der Waals surface area contributed by atoms with Gasteiger partial charge in [-0.05, 0) is 56.5 Å². The molecular weight excluding hydrogens is 524 g/mol. The second-order valence-corrected chi connectivity index (χ2v) is 11.0. The van der Waals surface area contributed by atoms with Crippen molar-refractivity contribution in [3.63, 3.8) is 0 Å². The van der Waals surface area contributed by atoms with Gasteiger partial charge in [0.15, 0.2) is 0 Å². The maximum Gasteiger partial charge on any atom is 0.339 e. The fraction of sp³-hybridized carbons (Fsp3) is 0.448. The minimum Gasteiger partial charge on any atom is -0.478 e. The lowest BCUT2D eigenvalue weighted by Gasteiger charge is -2.38. The van der Waals surface area contributed by atoms with E-state index in [-0.39, 0.29) is 6.04 Å². The maximum atomic E-state index is 13.9. The summed E-state index contributed by atoms with van der Waals surface area (Å²) in [5, 5.41) is 14.0. The van der Waals surface area contributed by atoms with Crippen LogP contribution in [0.1, 0.15) is 55.2 Å². The van der Waals surface area contributed by atoms with Gasteiger partial charge in [0.05, 0.1) is 12.2 Å². The highest BCUT2D eigenvalue weighted by Crippen LogP contribution is 2.38. The van der Waals surface area contributed by atoms with Crippen molar-refractivity contribution in [3.8, 4) is 11.1 Å². The second-order valence-electron chi connectivity index (χ2n) is 10.6. The van der Waals surface area contributed by atoms with Crippen LogP contribution in [-0.4, -0.2) is 71.1 Å². The Balaban J connectivity index is 1.38. The van der Waals surface area contributed by atoms with Gasteiger partial charge in [-0.25, -0.2) is 13.6 Å². The Morgan fingerprint density at radius 2 is 1.74 bits per heavy atom. The third-order valence-electron chi connectivity index (χ3n) is 7.90. The molecule has 2 fully saturated rings. The number of carbonyl (C=O) groups is 1. The highest BCUT2D eigenvalue weighted by Gasteiger charge is 2.31. The number of piperazine rings is 1. The highest BCUT2D eigenvalue weighted by molar-refractivity contribution is 6.31. The molecule has 5 rings (SSSR count). The van der Waals surface area contributed by atoms with E-state index in [1.165, 1.54) is 10.4 Å². The first-order chi connectivity index (χ1) is 18.7. The molecule has 1 unspecified atom stereocenters. The van der Waals surface area contributed by atoms with Crippen molar-refractivity contribution in [2.45, 2.75) is 45.2 Å². The maximum absolute atomic E-state index is 13.9. The SMILES string of the molecule is CC(C)N1CCN(c2ccc(-c3ccc(Cl)cc3N3CCCC(n4ncc(C(=O)O)c4C(F)F)C3)cc2)CC1. The van der Waals surface area contributed by atoms with Crippen molar-refractivity contribution in [2.75, 3.05) is 49.1 Å². The van der Waals surface area contributed by atoms with Gasteiger partial charge in [-0.3, -0.25) is 9.58 Å². The van der Waals surface area contributed by atoms with Gasteiger partial charge in [-0.2, -0.15) is 5.10 Å². The molecule has 3 aromatic rings. The lowest BCUT2D eigenvalue weighted by Crippen LogP contribution is -2.48. The fourth-order valence-corrected chi connectivity index (χ4v) is 5.94. The number of benzene rings is 2. The molecule has 0 saturated carbocycles. The Hall–Kier alpha value is -3.17. The number of nitrogens with zero attached hydrogens (tertiary/aromatic N) is 5. The minimum absolute atomic E-state index is 0.380. The third-order valence-corrected chi connectivity index (χ3v) is 8.14. The number of piperidine rings is 1. The summed E-state index contributed by atoms with van der Waals surface area (Å²) in [7, 11) is 0. The molecule has 0 aliphatic carbocycles. The Bertz CT molecular complexity index is 1310. The standard InChI is InChI=1S/C29H34ClF2N5O2/c1-19(2)34-12-14-35(15-13-34)22-8-5-20(6-9-22)24-10-7-21(30)16-26(24)36-11-3-4-23(18-36)37-27(28(31)32)25(17-33-37)29(38)39/h5-10,16-17,19,23,28H,3-4,11-15,18H2,1-2H3,(H,38,39). The molecule has 0 amide bonds. The Kier molecular flexibility index (Phi) is 8.09. The third kappa shape index (κ3) is 5.75. The minimum atomic E-state index is -2.93. The number of hydrogen-bond acceptors (Lipinski definition) is 5. The van der Waals surface area contributed by atoms with Crippen molar-refractivity contribution in [1.29, 1.82) is 0 Å². The Morgan fingerprint density at radius 3 is 2.38 bits per heavy atom. The van der Waals surface area contributed by atoms with Crippen LogP contribution in [0.4, 0.5) is 20.2 Å². The Labute approximate surface area is 232 Å². The quantitative estimate of drug-likeness (QED) is 0.372. The molecule has 2 aliphatic heterocycles. The molecule has 0 radical (unpaired) electrons. The highest BCUT2D eigenvalue weighted by atomic mass is 35.5. The molecule has 2 saturated heterocycles. The van der Waals surface area contributed by atoms with Crippen LogP contribution in [0.15, 0.2) is 48.7 Å². The number of aromatic carboxylic acids is 1. The molecule has 39 heavy (non-hydrogen) atoms. The number of rotatable bonds is 7. The number of aromatic nitrogens is 2. The summed E-state index contributed by atoms with van der Waals surface area (Å²) in [6.45, 7) is 9.72. The molecule has 1 aromatic heterocycles. The van der Waals surface area contributed by atoms with E-state index < -0.39 is 23.7 Å². The van der Waals surface area contributed by atoms with Gasteiger partial charge in [0.1, 0.15) is 11.3 Å². The normalized spacial score (nSPS) is 18.8. The summed E-state index contributed by atoms with van der Waals surface area (Å²) in [5.41, 5.74) is 3.20. The average molecular weight is 558 g/mol. The van der Waals surface area contributed by atoms with E-state index in [9.17, 15) is 18.7 Å². The molecule has 208 valence electrons. The van der Waals surface area contributed by atoms with Crippen LogP contribution in [0.25, 0.3) is 11.1 Å². The van der Waals surface area contributed by atoms with Crippen LogP contribution in [0.3, 0.4) is 0 Å². The van der Waals surface area contributed by atoms with E-state index in [0.717, 1.165) is 62.2 Å². The number of alkyl halides is 2. The molecule has 3 heterocycles. The molecule has 1 atom stereocenters. The van der Waals surface area contributed by atoms with E-state index in [4.69, 9.17) is 11.6 Å². The number of anilines is 2. The number of carboxylic acid groups (broad SMARTS) is 1. The van der Waals surface area contributed by atoms with E-state index in [1.54, 1.807) is 0 Å². The van der Waals surface area contributed by atoms with E-state index in [1.807, 2.05) is 18.2 Å². The van der Waals surface area contributed by atoms with Gasteiger partial charge in [0.2, 0.25) is 0 Å². The molecule has 1 N–H and O–H groups in total. The topological polar surface area (TPSA) is 64.8 Å². The molecule has 7 nitrogen and oxygen atoms in total. The lowest BCUT2D eigenvalue weighted by atomic mass is 9.99. The molecule has 10 heteroatoms. The Morgan fingerprint density at radius 1 is 1.03 bits per heavy atom. The molecular formula is C29H34ClF2N5O2. The van der Waals surface area contributed by atoms with Gasteiger partial charge in [-0.15, -0.1) is 0 Å². The first-order valence-corrected chi connectivity index (χ1v) is 13.8. The smallest absolute Gasteiger partial charge is 0.339 e. The van der Waals surface area contributed by atoms with Gasteiger partial charge < -0.3 is 14.9 Å². The summed E-state index contributed by atoms with van der Waals surface area (Å²) in [6, 6.07) is 14.5. The van der Waals surface area contributed by atoms with E-state index in [2.05, 4.69) is 57.9 Å². The van der Waals surface area contributed by atoms with Crippen LogP contribution in [0.5, 0.6) is 0 Å². The zero-order valence-electron chi connectivity index (χ0n) is 22.2. The summed E-state index contributed by atoms with van der Waals surface area (Å²) in [6.07, 6.45) is -0.519. The van der Waals surface area contributed by atoms with E-state index >= 15 is 0 Å². The second kappa shape index (κ2) is 11.5. The van der Waals surface area contributed by atoms with Crippen LogP contribution in [0.2, 0.25) is 5.02 Å². The zero-order valence-corrected chi connectivity index (χ0v) is 23.0. The van der Waals surface area contributed by atoms with Crippen LogP contribution in [-0.2, 0) is 0 Å². The molecule has 2 aliphatic rings. The lowest BCUT2D eigenvalue weighted by molar-refractivity contribution is 0.0681. The van der Waals surface area contributed by atoms with Crippen molar-refractivity contribution < 1.29 is 18.7 Å². The van der Waals surface area contributed by atoms with Crippen molar-refractivity contribution in [3.05, 3.63) is 64.9 Å². The van der Waals surface area contributed by atoms with Crippen molar-refractivity contribution >= 4 is 28.9 Å². The number of carboxylic acids is 1. The molecule has 0 bridgehead atoms. The van der Waals surface area contributed by atoms with Gasteiger partial charge in [0, 0.05) is 67.3 Å². The van der Waals surface area contributed by atoms with Crippen LogP contribution < -0.4 is 9.80 Å². The van der Waals surface area contributed by atoms with E-state index in [0.29, 0.717) is 24.0 Å². The van der Waals surface area contributed by atoms with Gasteiger partial charge in [0.25, 0.3) is 6.43 Å². The van der Waals surface area contributed by atoms with Gasteiger partial charge >= 0.3 is 5.97 Å². The number of halogens is 3. The van der Waals surface area contributed by atoms with Crippen molar-refractivity contribution in [2.24, 2.45) is 0 Å². The molecule has 2 aromatic carbocycles. The molecule has 0 spiro atoms. The van der Waals surface area contributed by atoms with Gasteiger partial charge in [-0.1, -0.05) is 29.8 Å². The summed E-state index contributed by atoms with van der Waals surface area (Å²) in [5.74, 6) is -1.40. The summed E-state index contributed by atoms with van der Waals surface area (Å²) < 4.78 is 28.9. The zero-order chi connectivity index (χ0) is 27.7. The largest absolute Gasteiger partial charge is 0.478 e. The fourth-order valence-electron chi connectivity index (χ4n) is 5.78.